The van der Waals surface area contributed by atoms with E-state index in [1.54, 1.807) is 24.3 Å². The summed E-state index contributed by atoms with van der Waals surface area (Å²) >= 11 is 0. The summed E-state index contributed by atoms with van der Waals surface area (Å²) in [5, 5.41) is 12.1. The Hall–Kier alpha value is -2.84. The average molecular weight is 429 g/mol. The van der Waals surface area contributed by atoms with Crippen LogP contribution in [0, 0.1) is 24.2 Å². The van der Waals surface area contributed by atoms with Gasteiger partial charge in [-0.1, -0.05) is 30.7 Å². The van der Waals surface area contributed by atoms with Crippen LogP contribution in [0.1, 0.15) is 48.4 Å². The number of aryl methyl sites for hydroxylation is 1. The van der Waals surface area contributed by atoms with Crippen molar-refractivity contribution in [3.63, 3.8) is 0 Å². The highest BCUT2D eigenvalue weighted by Gasteiger charge is 2.53. The number of hydrogen-bond acceptors (Lipinski definition) is 3. The molecule has 5 rings (SSSR count). The molecule has 1 saturated carbocycles. The maximum atomic E-state index is 13.4. The van der Waals surface area contributed by atoms with Gasteiger partial charge >= 0.3 is 6.03 Å². The molecule has 3 aliphatic rings. The number of likely N-dealkylation sites (tertiary alicyclic amines) is 1. The zero-order valence-electron chi connectivity index (χ0n) is 19.3. The van der Waals surface area contributed by atoms with Crippen molar-refractivity contribution in [2.75, 3.05) is 25.5 Å². The second-order valence-corrected chi connectivity index (χ2v) is 10.2. The van der Waals surface area contributed by atoms with Gasteiger partial charge in [-0.25, -0.2) is 4.79 Å². The fraction of sp³-hybridized carbons (Fsp3) is 0.481. The lowest BCUT2D eigenvalue weighted by Gasteiger charge is -2.58. The van der Waals surface area contributed by atoms with E-state index in [9.17, 15) is 4.79 Å². The van der Waals surface area contributed by atoms with Crippen molar-refractivity contribution in [2.24, 2.45) is 5.92 Å². The molecule has 1 unspecified atom stereocenters. The lowest BCUT2D eigenvalue weighted by atomic mass is 9.61. The summed E-state index contributed by atoms with van der Waals surface area (Å²) in [6, 6.07) is 16.4. The normalized spacial score (nSPS) is 26.7. The molecule has 2 amide bonds. The molecule has 32 heavy (non-hydrogen) atoms. The van der Waals surface area contributed by atoms with Crippen molar-refractivity contribution in [2.45, 2.75) is 57.0 Å². The van der Waals surface area contributed by atoms with Crippen molar-refractivity contribution in [3.8, 4) is 6.07 Å². The van der Waals surface area contributed by atoms with Gasteiger partial charge in [0.15, 0.2) is 0 Å². The second kappa shape index (κ2) is 7.94. The number of benzene rings is 2. The monoisotopic (exact) mass is 428 g/mol. The van der Waals surface area contributed by atoms with Gasteiger partial charge in [0.1, 0.15) is 0 Å². The van der Waals surface area contributed by atoms with Crippen LogP contribution in [0.25, 0.3) is 0 Å². The van der Waals surface area contributed by atoms with E-state index in [0.29, 0.717) is 11.6 Å². The van der Waals surface area contributed by atoms with Gasteiger partial charge < -0.3 is 10.2 Å². The van der Waals surface area contributed by atoms with Gasteiger partial charge in [0.2, 0.25) is 0 Å². The summed E-state index contributed by atoms with van der Waals surface area (Å²) in [5.41, 5.74) is 5.39. The lowest BCUT2D eigenvalue weighted by molar-refractivity contribution is 0.00463. The molecule has 0 spiro atoms. The number of carbonyl (C=O) groups excluding carboxylic acids is 1. The molecule has 5 nitrogen and oxygen atoms in total. The minimum Gasteiger partial charge on any atom is -0.322 e. The highest BCUT2D eigenvalue weighted by Crippen LogP contribution is 2.48. The maximum absolute atomic E-state index is 13.4. The van der Waals surface area contributed by atoms with E-state index in [2.05, 4.69) is 48.3 Å². The van der Waals surface area contributed by atoms with Gasteiger partial charge in [-0.05, 0) is 80.5 Å². The van der Waals surface area contributed by atoms with Crippen molar-refractivity contribution < 1.29 is 4.79 Å². The fourth-order valence-corrected chi connectivity index (χ4v) is 5.98. The summed E-state index contributed by atoms with van der Waals surface area (Å²) in [7, 11) is 1.95. The standard InChI is InChI=1S/C27H32N4O/c1-18-4-9-21-15-24-25(30(3)26(32)29-22-10-7-19(16-28)8-11-22)27(2,23(21)14-18)12-13-31(24)17-20-5-6-20/h4,7-11,14,20,24-25H,5-6,12-13,15,17H2,1-3H3,(H,29,32)/t24?,25-,27-/m1/s1. The van der Waals surface area contributed by atoms with E-state index in [1.807, 2.05) is 11.9 Å². The largest absolute Gasteiger partial charge is 0.322 e. The van der Waals surface area contributed by atoms with Gasteiger partial charge in [-0.2, -0.15) is 5.26 Å². The van der Waals surface area contributed by atoms with E-state index in [1.165, 1.54) is 29.5 Å². The Morgan fingerprint density at radius 2 is 2.00 bits per heavy atom. The van der Waals surface area contributed by atoms with Crippen LogP contribution in [0.3, 0.4) is 0 Å². The van der Waals surface area contributed by atoms with Gasteiger partial charge in [0, 0.05) is 30.7 Å². The molecule has 1 saturated heterocycles. The molecule has 166 valence electrons. The summed E-state index contributed by atoms with van der Waals surface area (Å²) < 4.78 is 0. The average Bonchev–Trinajstić information content (AvgIpc) is 3.60. The number of amides is 2. The van der Waals surface area contributed by atoms with Crippen LogP contribution in [-0.2, 0) is 11.8 Å². The van der Waals surface area contributed by atoms with Crippen LogP contribution in [0.5, 0.6) is 0 Å². The van der Waals surface area contributed by atoms with Crippen LogP contribution >= 0.6 is 0 Å². The number of hydrogen-bond donors (Lipinski definition) is 1. The van der Waals surface area contributed by atoms with Gasteiger partial charge in [-0.3, -0.25) is 4.90 Å². The van der Waals surface area contributed by atoms with Crippen molar-refractivity contribution >= 4 is 11.7 Å². The van der Waals surface area contributed by atoms with Crippen LogP contribution in [0.2, 0.25) is 0 Å². The smallest absolute Gasteiger partial charge is 0.321 e. The number of fused-ring (bicyclic) bond motifs is 4. The van der Waals surface area contributed by atoms with E-state index in [-0.39, 0.29) is 17.5 Å². The van der Waals surface area contributed by atoms with Crippen molar-refractivity contribution in [3.05, 3.63) is 64.7 Å². The molecule has 3 atom stereocenters. The quantitative estimate of drug-likeness (QED) is 0.768. The number of piperidine rings is 1. The Balaban J connectivity index is 1.46. The molecule has 2 aromatic carbocycles. The predicted octanol–water partition coefficient (Wildman–Crippen LogP) is 4.70. The molecule has 2 aliphatic carbocycles. The number of nitriles is 1. The van der Waals surface area contributed by atoms with Gasteiger partial charge in [0.25, 0.3) is 0 Å². The molecular weight excluding hydrogens is 396 g/mol. The van der Waals surface area contributed by atoms with Crippen LogP contribution in [0.4, 0.5) is 10.5 Å². The van der Waals surface area contributed by atoms with Gasteiger partial charge in [-0.15, -0.1) is 0 Å². The number of rotatable bonds is 4. The summed E-state index contributed by atoms with van der Waals surface area (Å²) in [5.74, 6) is 0.831. The number of anilines is 1. The minimum atomic E-state index is -0.0830. The highest BCUT2D eigenvalue weighted by molar-refractivity contribution is 5.89. The van der Waals surface area contributed by atoms with Crippen molar-refractivity contribution in [1.82, 2.24) is 9.80 Å². The van der Waals surface area contributed by atoms with Crippen LogP contribution in [-0.4, -0.2) is 48.1 Å². The van der Waals surface area contributed by atoms with Crippen molar-refractivity contribution in [1.29, 1.82) is 5.26 Å². The number of carbonyl (C=O) groups is 1. The Morgan fingerprint density at radius 1 is 1.25 bits per heavy atom. The first-order valence-electron chi connectivity index (χ1n) is 11.8. The van der Waals surface area contributed by atoms with E-state index >= 15 is 0 Å². The molecule has 0 aromatic heterocycles. The molecule has 5 heteroatoms. The summed E-state index contributed by atoms with van der Waals surface area (Å²) in [6.45, 7) is 6.78. The SMILES string of the molecule is Cc1ccc2c(c1)[C@@]1(C)CCN(CC3CC3)C(C2)[C@H]1N(C)C(=O)Nc1ccc(C#N)cc1. The Morgan fingerprint density at radius 3 is 2.69 bits per heavy atom. The first-order chi connectivity index (χ1) is 15.4. The number of nitrogens with one attached hydrogen (secondary N) is 1. The zero-order valence-corrected chi connectivity index (χ0v) is 19.3. The van der Waals surface area contributed by atoms with Crippen LogP contribution in [0.15, 0.2) is 42.5 Å². The molecule has 0 radical (unpaired) electrons. The van der Waals surface area contributed by atoms with E-state index in [0.717, 1.165) is 37.5 Å². The van der Waals surface area contributed by atoms with E-state index < -0.39 is 0 Å². The maximum Gasteiger partial charge on any atom is 0.321 e. The molecular formula is C27H32N4O. The molecule has 2 bridgehead atoms. The summed E-state index contributed by atoms with van der Waals surface area (Å²) in [6.07, 6.45) is 4.74. The third-order valence-corrected chi connectivity index (χ3v) is 7.91. The third kappa shape index (κ3) is 3.67. The predicted molar refractivity (Wildman–Crippen MR) is 127 cm³/mol. The molecule has 1 N–H and O–H groups in total. The number of likely N-dealkylation sites (N-methyl/N-ethyl adjacent to an activating group) is 1. The Kier molecular flexibility index (Phi) is 5.22. The third-order valence-electron chi connectivity index (χ3n) is 7.91. The number of nitrogens with zero attached hydrogens (tertiary/aromatic N) is 3. The summed E-state index contributed by atoms with van der Waals surface area (Å²) in [4.78, 5) is 18.0. The number of urea groups is 1. The fourth-order valence-electron chi connectivity index (χ4n) is 5.98. The highest BCUT2D eigenvalue weighted by atomic mass is 16.2. The molecule has 1 heterocycles. The lowest BCUT2D eigenvalue weighted by Crippen LogP contribution is -2.68. The topological polar surface area (TPSA) is 59.4 Å². The van der Waals surface area contributed by atoms with Gasteiger partial charge in [0.05, 0.1) is 17.7 Å². The molecule has 2 fully saturated rings. The zero-order chi connectivity index (χ0) is 22.5. The minimum absolute atomic E-state index is 0.0684. The molecule has 2 aromatic rings. The first-order valence-corrected chi connectivity index (χ1v) is 11.8. The van der Waals surface area contributed by atoms with E-state index in [4.69, 9.17) is 5.26 Å². The molecule has 1 aliphatic heterocycles. The Labute approximate surface area is 191 Å². The Bertz CT molecular complexity index is 1070. The van der Waals surface area contributed by atoms with Crippen LogP contribution < -0.4 is 5.32 Å². The second-order valence-electron chi connectivity index (χ2n) is 10.2. The first kappa shape index (κ1) is 21.0.